The van der Waals surface area contributed by atoms with Gasteiger partial charge >= 0.3 is 6.18 Å². The first-order chi connectivity index (χ1) is 6.97. The van der Waals surface area contributed by atoms with Crippen molar-refractivity contribution in [2.24, 2.45) is 4.99 Å². The van der Waals surface area contributed by atoms with Crippen molar-refractivity contribution >= 4 is 16.8 Å². The van der Waals surface area contributed by atoms with E-state index in [9.17, 15) is 13.2 Å². The molecule has 2 rings (SSSR count). The number of halogens is 3. The zero-order valence-corrected chi connectivity index (χ0v) is 8.75. The quantitative estimate of drug-likeness (QED) is 0.662. The number of hydrogen-bond donors (Lipinski definition) is 0. The van der Waals surface area contributed by atoms with Gasteiger partial charge in [-0.15, -0.1) is 0 Å². The molecular formula is C10H8F3NS. The molecule has 15 heavy (non-hydrogen) atoms. The van der Waals surface area contributed by atoms with Crippen LogP contribution in [0.5, 0.6) is 0 Å². The lowest BCUT2D eigenvalue weighted by molar-refractivity contribution is -0.137. The average Bonchev–Trinajstić information content (AvgIpc) is 2.15. The van der Waals surface area contributed by atoms with Crippen LogP contribution in [0, 0.1) is 0 Å². The van der Waals surface area contributed by atoms with E-state index in [1.165, 1.54) is 23.9 Å². The SMILES string of the molecule is CC1=NCc2cc(C(F)(F)F)ccc2S1. The first-order valence-electron chi connectivity index (χ1n) is 4.36. The van der Waals surface area contributed by atoms with E-state index in [2.05, 4.69) is 4.99 Å². The Hall–Kier alpha value is -0.970. The molecule has 1 nitrogen and oxygen atoms in total. The van der Waals surface area contributed by atoms with Gasteiger partial charge in [0.1, 0.15) is 0 Å². The second kappa shape index (κ2) is 3.56. The lowest BCUT2D eigenvalue weighted by atomic mass is 10.1. The molecule has 80 valence electrons. The highest BCUT2D eigenvalue weighted by Gasteiger charge is 2.31. The van der Waals surface area contributed by atoms with Crippen molar-refractivity contribution in [3.63, 3.8) is 0 Å². The van der Waals surface area contributed by atoms with Gasteiger partial charge in [-0.05, 0) is 30.7 Å². The predicted octanol–water partition coefficient (Wildman–Crippen LogP) is 3.73. The van der Waals surface area contributed by atoms with Crippen molar-refractivity contribution in [3.05, 3.63) is 29.3 Å². The zero-order chi connectivity index (χ0) is 11.1. The van der Waals surface area contributed by atoms with Crippen molar-refractivity contribution in [2.45, 2.75) is 24.5 Å². The van der Waals surface area contributed by atoms with Crippen molar-refractivity contribution in [2.75, 3.05) is 0 Å². The monoisotopic (exact) mass is 231 g/mol. The summed E-state index contributed by atoms with van der Waals surface area (Å²) in [6, 6.07) is 3.81. The Kier molecular flexibility index (Phi) is 2.50. The summed E-state index contributed by atoms with van der Waals surface area (Å²) in [5.74, 6) is 0. The minimum Gasteiger partial charge on any atom is -0.278 e. The summed E-state index contributed by atoms with van der Waals surface area (Å²) in [6.07, 6.45) is -4.27. The van der Waals surface area contributed by atoms with Crippen LogP contribution in [0.4, 0.5) is 13.2 Å². The molecule has 0 aliphatic carbocycles. The summed E-state index contributed by atoms with van der Waals surface area (Å²) in [5.41, 5.74) is 0.0528. The predicted molar refractivity (Wildman–Crippen MR) is 54.1 cm³/mol. The van der Waals surface area contributed by atoms with Crippen LogP contribution in [0.25, 0.3) is 0 Å². The van der Waals surface area contributed by atoms with E-state index in [4.69, 9.17) is 0 Å². The molecular weight excluding hydrogens is 223 g/mol. The number of thioether (sulfide) groups is 1. The molecule has 0 bridgehead atoms. The molecule has 1 aromatic carbocycles. The van der Waals surface area contributed by atoms with E-state index < -0.39 is 11.7 Å². The highest BCUT2D eigenvalue weighted by atomic mass is 32.2. The number of benzene rings is 1. The summed E-state index contributed by atoms with van der Waals surface area (Å²) in [7, 11) is 0. The lowest BCUT2D eigenvalue weighted by Crippen LogP contribution is -2.07. The Balaban J connectivity index is 2.39. The number of hydrogen-bond acceptors (Lipinski definition) is 2. The molecule has 0 amide bonds. The fraction of sp³-hybridized carbons (Fsp3) is 0.300. The van der Waals surface area contributed by atoms with Crippen molar-refractivity contribution in [1.82, 2.24) is 0 Å². The van der Waals surface area contributed by atoms with Crippen LogP contribution in [0.1, 0.15) is 18.1 Å². The largest absolute Gasteiger partial charge is 0.416 e. The average molecular weight is 231 g/mol. The maximum atomic E-state index is 12.4. The molecule has 0 saturated carbocycles. The summed E-state index contributed by atoms with van der Waals surface area (Å²) in [5, 5.41) is 0.891. The van der Waals surface area contributed by atoms with Gasteiger partial charge in [0.2, 0.25) is 0 Å². The second-order valence-electron chi connectivity index (χ2n) is 3.26. The minimum absolute atomic E-state index is 0.345. The summed E-state index contributed by atoms with van der Waals surface area (Å²) < 4.78 is 37.2. The van der Waals surface area contributed by atoms with Crippen molar-refractivity contribution < 1.29 is 13.2 Å². The van der Waals surface area contributed by atoms with Crippen molar-refractivity contribution in [1.29, 1.82) is 0 Å². The standard InChI is InChI=1S/C10H8F3NS/c1-6-14-5-7-4-8(10(11,12)13)2-3-9(7)15-6/h2-4H,5H2,1H3. The Morgan fingerprint density at radius 2 is 2.07 bits per heavy atom. The molecule has 0 saturated heterocycles. The topological polar surface area (TPSA) is 12.4 Å². The third kappa shape index (κ3) is 2.17. The molecule has 0 aromatic heterocycles. The van der Waals surface area contributed by atoms with Gasteiger partial charge in [-0.1, -0.05) is 11.8 Å². The van der Waals surface area contributed by atoms with Gasteiger partial charge in [-0.2, -0.15) is 13.2 Å². The Labute approximate surface area is 89.4 Å². The molecule has 1 aliphatic rings. The van der Waals surface area contributed by atoms with Crippen molar-refractivity contribution in [3.8, 4) is 0 Å². The second-order valence-corrected chi connectivity index (χ2v) is 4.49. The molecule has 0 atom stereocenters. The molecule has 0 radical (unpaired) electrons. The van der Waals surface area contributed by atoms with Crippen LogP contribution in [0.15, 0.2) is 28.1 Å². The minimum atomic E-state index is -4.27. The Bertz CT molecular complexity index is 423. The van der Waals surface area contributed by atoms with Crippen LogP contribution in [-0.2, 0) is 12.7 Å². The molecule has 1 aliphatic heterocycles. The number of rotatable bonds is 0. The smallest absolute Gasteiger partial charge is 0.278 e. The number of nitrogens with zero attached hydrogens (tertiary/aromatic N) is 1. The van der Waals surface area contributed by atoms with Crippen LogP contribution < -0.4 is 0 Å². The third-order valence-corrected chi connectivity index (χ3v) is 3.16. The normalized spacial score (nSPS) is 15.9. The first kappa shape index (κ1) is 10.5. The van der Waals surface area contributed by atoms with Crippen LogP contribution in [-0.4, -0.2) is 5.04 Å². The Morgan fingerprint density at radius 1 is 1.33 bits per heavy atom. The Morgan fingerprint density at radius 3 is 2.73 bits per heavy atom. The summed E-state index contributed by atoms with van der Waals surface area (Å²) in [6.45, 7) is 2.20. The number of fused-ring (bicyclic) bond motifs is 1. The number of alkyl halides is 3. The highest BCUT2D eigenvalue weighted by molar-refractivity contribution is 8.14. The van der Waals surface area contributed by atoms with Crippen LogP contribution in [0.3, 0.4) is 0 Å². The van der Waals surface area contributed by atoms with E-state index in [1.807, 2.05) is 6.92 Å². The van der Waals surface area contributed by atoms with E-state index in [-0.39, 0.29) is 0 Å². The molecule has 0 N–H and O–H groups in total. The van der Waals surface area contributed by atoms with Crippen LogP contribution in [0.2, 0.25) is 0 Å². The fourth-order valence-electron chi connectivity index (χ4n) is 1.37. The highest BCUT2D eigenvalue weighted by Crippen LogP contribution is 2.35. The molecule has 1 aromatic rings. The summed E-state index contributed by atoms with van der Waals surface area (Å²) >= 11 is 1.41. The molecule has 0 unspecified atom stereocenters. The van der Waals surface area contributed by atoms with Gasteiger partial charge in [0.25, 0.3) is 0 Å². The van der Waals surface area contributed by atoms with Gasteiger partial charge in [0, 0.05) is 4.90 Å². The number of aliphatic imine (C=N–C) groups is 1. The maximum Gasteiger partial charge on any atom is 0.416 e. The fourth-order valence-corrected chi connectivity index (χ4v) is 2.20. The summed E-state index contributed by atoms with van der Waals surface area (Å²) in [4.78, 5) is 4.98. The van der Waals surface area contributed by atoms with Gasteiger partial charge in [-0.25, -0.2) is 0 Å². The van der Waals surface area contributed by atoms with Gasteiger partial charge in [-0.3, -0.25) is 4.99 Å². The van der Waals surface area contributed by atoms with Crippen LogP contribution >= 0.6 is 11.8 Å². The maximum absolute atomic E-state index is 12.4. The van der Waals surface area contributed by atoms with Gasteiger partial charge < -0.3 is 0 Å². The molecule has 5 heteroatoms. The van der Waals surface area contributed by atoms with Gasteiger partial charge in [0.05, 0.1) is 17.2 Å². The zero-order valence-electron chi connectivity index (χ0n) is 7.93. The van der Waals surface area contributed by atoms with E-state index in [0.29, 0.717) is 12.1 Å². The third-order valence-electron chi connectivity index (χ3n) is 2.12. The van der Waals surface area contributed by atoms with E-state index in [0.717, 1.165) is 16.0 Å². The first-order valence-corrected chi connectivity index (χ1v) is 5.17. The molecule has 1 heterocycles. The van der Waals surface area contributed by atoms with E-state index >= 15 is 0 Å². The van der Waals surface area contributed by atoms with Gasteiger partial charge in [0.15, 0.2) is 0 Å². The molecule has 0 spiro atoms. The van der Waals surface area contributed by atoms with E-state index in [1.54, 1.807) is 0 Å². The molecule has 0 fully saturated rings. The lowest BCUT2D eigenvalue weighted by Gasteiger charge is -2.15.